The Balaban J connectivity index is 1.34. The van der Waals surface area contributed by atoms with Gasteiger partial charge in [-0.2, -0.15) is 0 Å². The molecule has 3 amide bonds. The van der Waals surface area contributed by atoms with E-state index in [1.165, 1.54) is 9.91 Å². The van der Waals surface area contributed by atoms with E-state index in [0.29, 0.717) is 64.2 Å². The zero-order valence-electron chi connectivity index (χ0n) is 36.5. The van der Waals surface area contributed by atoms with Gasteiger partial charge in [0.05, 0.1) is 31.4 Å². The van der Waals surface area contributed by atoms with Crippen molar-refractivity contribution < 1.29 is 38.5 Å². The standard InChI is InChI=1S/C47H60N6O8/c1-8-52-40-12-11-30-22-35(40)36(42(52)37-24-48-15-13-31(37)25-59-7)23-47(4,5)27-61-46(58)38-10-9-16-53(50-38)45(57)39(20-29-18-33(30)21-34(54)19-29)49-43(55)41(28(2)3)51(6)44(56)32-14-17-60-26-32/h11-13,15,18-19,21-22,24,28,32,38-39,41,50,54H,8-10,14,16-17,20,23,25-27H2,1-7H3,(H,49,55)/t32-,38-,39-,41-/m0/s1. The number of aryl methyl sites for hydroxylation is 1. The van der Waals surface area contributed by atoms with Crippen LogP contribution in [0.2, 0.25) is 0 Å². The zero-order valence-corrected chi connectivity index (χ0v) is 36.5. The first-order chi connectivity index (χ1) is 29.2. The van der Waals surface area contributed by atoms with Crippen molar-refractivity contribution in [2.75, 3.05) is 40.5 Å². The SMILES string of the molecule is CCn1c(-c2cnccc2COC)c2c3cc(ccc31)-c1cc(O)cc(c1)C[C@H](NC(=O)[C@H](C(C)C)N(C)C(=O)[C@H]1CCOC1)C(=O)N1CCC[C@H](N1)C(=O)OCC(C)(C)C2. The Hall–Kier alpha value is -5.31. The van der Waals surface area contributed by atoms with Crippen molar-refractivity contribution in [3.63, 3.8) is 0 Å². The molecule has 4 atom stereocenters. The van der Waals surface area contributed by atoms with Crippen LogP contribution in [-0.2, 0) is 59.4 Å². The van der Waals surface area contributed by atoms with Crippen LogP contribution in [-0.4, -0.2) is 107 Å². The number of ether oxygens (including phenoxy) is 3. The first-order valence-corrected chi connectivity index (χ1v) is 21.5. The Labute approximate surface area is 357 Å². The Morgan fingerprint density at radius 3 is 2.64 bits per heavy atom. The molecule has 6 bridgehead atoms. The number of cyclic esters (lactones) is 1. The third-order valence-corrected chi connectivity index (χ3v) is 12.3. The van der Waals surface area contributed by atoms with Crippen LogP contribution in [0.5, 0.6) is 5.75 Å². The molecular weight excluding hydrogens is 777 g/mol. The van der Waals surface area contributed by atoms with Gasteiger partial charge in [0.2, 0.25) is 11.8 Å². The molecule has 326 valence electrons. The van der Waals surface area contributed by atoms with Crippen LogP contribution in [0, 0.1) is 17.3 Å². The summed E-state index contributed by atoms with van der Waals surface area (Å²) in [6.45, 7) is 12.3. The van der Waals surface area contributed by atoms with Crippen molar-refractivity contribution in [2.24, 2.45) is 17.3 Å². The monoisotopic (exact) mass is 836 g/mol. The van der Waals surface area contributed by atoms with Gasteiger partial charge in [-0.25, -0.2) is 5.43 Å². The fourth-order valence-corrected chi connectivity index (χ4v) is 9.27. The van der Waals surface area contributed by atoms with E-state index in [0.717, 1.165) is 44.4 Å². The van der Waals surface area contributed by atoms with Crippen molar-refractivity contribution >= 4 is 34.6 Å². The number of pyridine rings is 1. The van der Waals surface area contributed by atoms with E-state index in [2.05, 4.69) is 53.2 Å². The lowest BCUT2D eigenvalue weighted by atomic mass is 9.84. The van der Waals surface area contributed by atoms with Crippen LogP contribution in [0.3, 0.4) is 0 Å². The predicted molar refractivity (Wildman–Crippen MR) is 231 cm³/mol. The topological polar surface area (TPSA) is 165 Å². The van der Waals surface area contributed by atoms with Crippen molar-refractivity contribution in [1.82, 2.24) is 30.2 Å². The lowest BCUT2D eigenvalue weighted by Crippen LogP contribution is -2.62. The summed E-state index contributed by atoms with van der Waals surface area (Å²) < 4.78 is 19.5. The van der Waals surface area contributed by atoms with Gasteiger partial charge >= 0.3 is 5.97 Å². The maximum Gasteiger partial charge on any atom is 0.324 e. The number of nitrogens with zero attached hydrogens (tertiary/aromatic N) is 4. The number of hydrogen-bond donors (Lipinski definition) is 3. The van der Waals surface area contributed by atoms with E-state index in [-0.39, 0.29) is 36.5 Å². The number of hydrazine groups is 1. The van der Waals surface area contributed by atoms with Crippen LogP contribution >= 0.6 is 0 Å². The molecular formula is C47H60N6O8. The number of aromatic hydroxyl groups is 1. The highest BCUT2D eigenvalue weighted by Gasteiger charge is 2.39. The molecule has 0 radical (unpaired) electrons. The molecule has 7 rings (SSSR count). The molecule has 14 nitrogen and oxygen atoms in total. The predicted octanol–water partition coefficient (Wildman–Crippen LogP) is 5.41. The lowest BCUT2D eigenvalue weighted by molar-refractivity contribution is -0.155. The van der Waals surface area contributed by atoms with Crippen molar-refractivity contribution in [1.29, 1.82) is 0 Å². The van der Waals surface area contributed by atoms with Crippen molar-refractivity contribution in [2.45, 2.75) is 98.0 Å². The molecule has 2 aromatic carbocycles. The molecule has 0 spiro atoms. The van der Waals surface area contributed by atoms with Gasteiger partial charge in [-0.1, -0.05) is 39.8 Å². The minimum atomic E-state index is -1.11. The van der Waals surface area contributed by atoms with Gasteiger partial charge in [-0.15, -0.1) is 0 Å². The van der Waals surface area contributed by atoms with E-state index in [9.17, 15) is 24.3 Å². The fraction of sp³-hybridized carbons (Fsp3) is 0.511. The van der Waals surface area contributed by atoms with Crippen molar-refractivity contribution in [3.8, 4) is 28.1 Å². The number of amides is 3. The summed E-state index contributed by atoms with van der Waals surface area (Å²) in [5, 5.41) is 16.7. The summed E-state index contributed by atoms with van der Waals surface area (Å²) in [5.74, 6) is -2.17. The third-order valence-electron chi connectivity index (χ3n) is 12.3. The maximum absolute atomic E-state index is 14.6. The molecule has 3 N–H and O–H groups in total. The maximum atomic E-state index is 14.6. The Bertz CT molecular complexity index is 2280. The molecule has 4 aromatic rings. The van der Waals surface area contributed by atoms with E-state index in [4.69, 9.17) is 14.2 Å². The highest BCUT2D eigenvalue weighted by atomic mass is 16.5. The molecule has 3 aliphatic heterocycles. The summed E-state index contributed by atoms with van der Waals surface area (Å²) in [7, 11) is 3.30. The van der Waals surface area contributed by atoms with Crippen LogP contribution in [0.4, 0.5) is 0 Å². The van der Waals surface area contributed by atoms with Crippen LogP contribution in [0.25, 0.3) is 33.3 Å². The highest BCUT2D eigenvalue weighted by Crippen LogP contribution is 2.41. The number of fused-ring (bicyclic) bond motifs is 6. The average Bonchev–Trinajstić information content (AvgIpc) is 3.88. The highest BCUT2D eigenvalue weighted by molar-refractivity contribution is 5.96. The van der Waals surface area contributed by atoms with Gasteiger partial charge in [0, 0.05) is 74.5 Å². The summed E-state index contributed by atoms with van der Waals surface area (Å²) >= 11 is 0. The number of phenols is 1. The Kier molecular flexibility index (Phi) is 13.2. The molecule has 2 saturated heterocycles. The number of carbonyl (C=O) groups excluding carboxylic acids is 4. The zero-order chi connectivity index (χ0) is 43.6. The van der Waals surface area contributed by atoms with Crippen molar-refractivity contribution in [3.05, 3.63) is 71.5 Å². The molecule has 3 aliphatic rings. The first-order valence-electron chi connectivity index (χ1n) is 21.5. The second kappa shape index (κ2) is 18.3. The van der Waals surface area contributed by atoms with Crippen LogP contribution < -0.4 is 10.7 Å². The molecule has 0 unspecified atom stereocenters. The largest absolute Gasteiger partial charge is 0.508 e. The third kappa shape index (κ3) is 9.31. The number of benzene rings is 2. The minimum Gasteiger partial charge on any atom is -0.508 e. The fourth-order valence-electron chi connectivity index (χ4n) is 9.27. The molecule has 0 saturated carbocycles. The number of methoxy groups -OCH3 is 1. The van der Waals surface area contributed by atoms with Crippen LogP contribution in [0.1, 0.15) is 70.6 Å². The number of carbonyl (C=O) groups is 4. The number of rotatable bonds is 9. The number of hydrogen-bond acceptors (Lipinski definition) is 10. The normalized spacial score (nSPS) is 21.2. The van der Waals surface area contributed by atoms with Gasteiger partial charge in [-0.3, -0.25) is 29.2 Å². The van der Waals surface area contributed by atoms with Gasteiger partial charge in [0.1, 0.15) is 23.9 Å². The van der Waals surface area contributed by atoms with Gasteiger partial charge < -0.3 is 34.1 Å². The molecule has 5 heterocycles. The Morgan fingerprint density at radius 2 is 1.92 bits per heavy atom. The van der Waals surface area contributed by atoms with Gasteiger partial charge in [-0.05, 0) is 96.7 Å². The Morgan fingerprint density at radius 1 is 1.11 bits per heavy atom. The van der Waals surface area contributed by atoms with Gasteiger partial charge in [0.15, 0.2) is 0 Å². The lowest BCUT2D eigenvalue weighted by Gasteiger charge is -2.37. The molecule has 2 fully saturated rings. The molecule has 2 aromatic heterocycles. The second-order valence-corrected chi connectivity index (χ2v) is 17.9. The second-order valence-electron chi connectivity index (χ2n) is 17.9. The van der Waals surface area contributed by atoms with E-state index in [1.54, 1.807) is 32.5 Å². The number of phenolic OH excluding ortho intramolecular Hbond substituents is 1. The number of esters is 1. The molecule has 14 heteroatoms. The number of nitrogens with one attached hydrogen (secondary N) is 2. The molecule has 0 aliphatic carbocycles. The average molecular weight is 837 g/mol. The number of aromatic nitrogens is 2. The summed E-state index contributed by atoms with van der Waals surface area (Å²) in [6, 6.07) is 10.7. The summed E-state index contributed by atoms with van der Waals surface area (Å²) in [4.78, 5) is 62.3. The summed E-state index contributed by atoms with van der Waals surface area (Å²) in [5.41, 5.74) is 9.88. The van der Waals surface area contributed by atoms with E-state index >= 15 is 0 Å². The number of likely N-dealkylation sites (N-methyl/N-ethyl adjacent to an activating group) is 1. The summed E-state index contributed by atoms with van der Waals surface area (Å²) in [6.07, 6.45) is 5.81. The quantitative estimate of drug-likeness (QED) is 0.186. The minimum absolute atomic E-state index is 0.00958. The smallest absolute Gasteiger partial charge is 0.324 e. The van der Waals surface area contributed by atoms with E-state index in [1.807, 2.05) is 38.2 Å². The first kappa shape index (κ1) is 43.8. The van der Waals surface area contributed by atoms with E-state index < -0.39 is 41.3 Å². The van der Waals surface area contributed by atoms with Crippen LogP contribution in [0.15, 0.2) is 54.9 Å². The van der Waals surface area contributed by atoms with Gasteiger partial charge in [0.25, 0.3) is 5.91 Å². The molecule has 61 heavy (non-hydrogen) atoms.